The molecule has 2 aliphatic rings. The van der Waals surface area contributed by atoms with Crippen LogP contribution in [-0.4, -0.2) is 79.6 Å². The van der Waals surface area contributed by atoms with Gasteiger partial charge in [-0.15, -0.1) is 0 Å². The molecule has 2 aliphatic heterocycles. The zero-order valence-corrected chi connectivity index (χ0v) is 17.5. The molecule has 2 saturated heterocycles. The van der Waals surface area contributed by atoms with Crippen molar-refractivity contribution < 1.29 is 23.9 Å². The van der Waals surface area contributed by atoms with Crippen LogP contribution >= 0.6 is 0 Å². The third-order valence-electron chi connectivity index (χ3n) is 5.74. The van der Waals surface area contributed by atoms with Crippen LogP contribution in [0.3, 0.4) is 0 Å². The number of likely N-dealkylation sites (tertiary alicyclic amines) is 2. The van der Waals surface area contributed by atoms with Crippen LogP contribution < -0.4 is 5.32 Å². The molecule has 164 valence electrons. The first kappa shape index (κ1) is 22.2. The van der Waals surface area contributed by atoms with Gasteiger partial charge in [0.2, 0.25) is 17.7 Å². The number of nitrogens with one attached hydrogen (secondary N) is 1. The summed E-state index contributed by atoms with van der Waals surface area (Å²) >= 11 is 0. The van der Waals surface area contributed by atoms with Crippen LogP contribution in [0.5, 0.6) is 0 Å². The van der Waals surface area contributed by atoms with E-state index in [1.165, 1.54) is 0 Å². The molecular weight excluding hydrogens is 386 g/mol. The highest BCUT2D eigenvalue weighted by Gasteiger charge is 2.41. The molecule has 1 aromatic rings. The van der Waals surface area contributed by atoms with Gasteiger partial charge < -0.3 is 24.6 Å². The Kier molecular flexibility index (Phi) is 8.21. The van der Waals surface area contributed by atoms with E-state index in [-0.39, 0.29) is 30.4 Å². The third-order valence-corrected chi connectivity index (χ3v) is 5.74. The van der Waals surface area contributed by atoms with Crippen LogP contribution in [0.1, 0.15) is 31.2 Å². The number of rotatable bonds is 9. The molecular formula is C22H31N3O5. The number of hydrogen-bond donors (Lipinski definition) is 1. The minimum atomic E-state index is -0.425. The topological polar surface area (TPSA) is 88.2 Å². The molecule has 2 heterocycles. The Hall–Kier alpha value is -2.45. The summed E-state index contributed by atoms with van der Waals surface area (Å²) in [5.74, 6) is -0.119. The zero-order chi connectivity index (χ0) is 21.3. The van der Waals surface area contributed by atoms with Crippen LogP contribution in [-0.2, 0) is 30.4 Å². The van der Waals surface area contributed by atoms with Gasteiger partial charge in [-0.2, -0.15) is 0 Å². The molecule has 0 spiro atoms. The van der Waals surface area contributed by atoms with Gasteiger partial charge >= 0.3 is 0 Å². The second kappa shape index (κ2) is 11.1. The van der Waals surface area contributed by atoms with Crippen molar-refractivity contribution in [3.63, 3.8) is 0 Å². The second-order valence-electron chi connectivity index (χ2n) is 7.72. The number of benzene rings is 1. The molecule has 30 heavy (non-hydrogen) atoms. The van der Waals surface area contributed by atoms with Crippen LogP contribution in [0, 0.1) is 0 Å². The van der Waals surface area contributed by atoms with Crippen LogP contribution in [0.25, 0.3) is 0 Å². The molecule has 1 atom stereocenters. The van der Waals surface area contributed by atoms with Crippen molar-refractivity contribution in [3.8, 4) is 0 Å². The summed E-state index contributed by atoms with van der Waals surface area (Å²) in [6.07, 6.45) is 2.30. The van der Waals surface area contributed by atoms with Crippen molar-refractivity contribution >= 4 is 17.7 Å². The van der Waals surface area contributed by atoms with Gasteiger partial charge in [-0.25, -0.2) is 0 Å². The van der Waals surface area contributed by atoms with E-state index in [0.717, 1.165) is 5.56 Å². The Bertz CT molecular complexity index is 719. The fraction of sp³-hybridized carbons (Fsp3) is 0.591. The molecule has 1 N–H and O–H groups in total. The maximum absolute atomic E-state index is 12.8. The zero-order valence-electron chi connectivity index (χ0n) is 17.5. The second-order valence-corrected chi connectivity index (χ2v) is 7.72. The summed E-state index contributed by atoms with van der Waals surface area (Å²) in [4.78, 5) is 41.1. The molecule has 1 aromatic carbocycles. The van der Waals surface area contributed by atoms with Gasteiger partial charge in [-0.05, 0) is 24.8 Å². The number of hydrogen-bond acceptors (Lipinski definition) is 5. The van der Waals surface area contributed by atoms with Gasteiger partial charge in [0.25, 0.3) is 0 Å². The Balaban J connectivity index is 1.48. The fourth-order valence-electron chi connectivity index (χ4n) is 4.11. The minimum Gasteiger partial charge on any atom is -0.382 e. The van der Waals surface area contributed by atoms with E-state index in [0.29, 0.717) is 58.5 Å². The molecule has 0 aliphatic carbocycles. The lowest BCUT2D eigenvalue weighted by Gasteiger charge is -2.39. The molecule has 3 rings (SSSR count). The number of nitrogens with zero attached hydrogens (tertiary/aromatic N) is 2. The van der Waals surface area contributed by atoms with E-state index in [1.54, 1.807) is 16.9 Å². The predicted octanol–water partition coefficient (Wildman–Crippen LogP) is 0.948. The lowest BCUT2D eigenvalue weighted by atomic mass is 10.0. The quantitative estimate of drug-likeness (QED) is 0.605. The van der Waals surface area contributed by atoms with E-state index >= 15 is 0 Å². The molecule has 1 unspecified atom stereocenters. The highest BCUT2D eigenvalue weighted by atomic mass is 16.5. The fourth-order valence-corrected chi connectivity index (χ4v) is 4.11. The van der Waals surface area contributed by atoms with E-state index in [4.69, 9.17) is 9.47 Å². The normalized spacial score (nSPS) is 19.9. The van der Waals surface area contributed by atoms with Gasteiger partial charge in [0.1, 0.15) is 12.6 Å². The van der Waals surface area contributed by atoms with E-state index < -0.39 is 6.04 Å². The first-order chi connectivity index (χ1) is 14.6. The SMILES string of the molecule is COCCOCC(=O)N1CCC(N2C(=O)CCC2C(=O)NCc2ccccc2)CC1. The van der Waals surface area contributed by atoms with Crippen molar-refractivity contribution in [1.82, 2.24) is 15.1 Å². The van der Waals surface area contributed by atoms with Crippen molar-refractivity contribution in [2.24, 2.45) is 0 Å². The summed E-state index contributed by atoms with van der Waals surface area (Å²) in [5, 5.41) is 2.97. The summed E-state index contributed by atoms with van der Waals surface area (Å²) < 4.78 is 10.2. The van der Waals surface area contributed by atoms with Crippen molar-refractivity contribution in [1.29, 1.82) is 0 Å². The molecule has 3 amide bonds. The van der Waals surface area contributed by atoms with Crippen LogP contribution in [0.15, 0.2) is 30.3 Å². The maximum Gasteiger partial charge on any atom is 0.248 e. The van der Waals surface area contributed by atoms with Crippen LogP contribution in [0.4, 0.5) is 0 Å². The summed E-state index contributed by atoms with van der Waals surface area (Å²) in [6.45, 7) is 2.48. The number of ether oxygens (including phenoxy) is 2. The molecule has 8 heteroatoms. The Labute approximate surface area is 177 Å². The number of carbonyl (C=O) groups is 3. The van der Waals surface area contributed by atoms with Gasteiger partial charge in [0.15, 0.2) is 0 Å². The molecule has 0 saturated carbocycles. The van der Waals surface area contributed by atoms with Gasteiger partial charge in [-0.1, -0.05) is 30.3 Å². The molecule has 0 aromatic heterocycles. The first-order valence-electron chi connectivity index (χ1n) is 10.6. The molecule has 8 nitrogen and oxygen atoms in total. The molecule has 0 radical (unpaired) electrons. The van der Waals surface area contributed by atoms with E-state index in [9.17, 15) is 14.4 Å². The minimum absolute atomic E-state index is 0.00839. The van der Waals surface area contributed by atoms with Gasteiger partial charge in [-0.3, -0.25) is 14.4 Å². The van der Waals surface area contributed by atoms with Crippen LogP contribution in [0.2, 0.25) is 0 Å². The highest BCUT2D eigenvalue weighted by molar-refractivity contribution is 5.91. The molecule has 0 bridgehead atoms. The number of piperidine rings is 1. The number of methoxy groups -OCH3 is 1. The lowest BCUT2D eigenvalue weighted by Crippen LogP contribution is -2.53. The number of amides is 3. The summed E-state index contributed by atoms with van der Waals surface area (Å²) in [6, 6.07) is 9.30. The lowest BCUT2D eigenvalue weighted by molar-refractivity contribution is -0.142. The van der Waals surface area contributed by atoms with E-state index in [1.807, 2.05) is 30.3 Å². The van der Waals surface area contributed by atoms with Crippen molar-refractivity contribution in [2.45, 2.75) is 44.3 Å². The average Bonchev–Trinajstić information content (AvgIpc) is 3.17. The van der Waals surface area contributed by atoms with Gasteiger partial charge in [0.05, 0.1) is 13.2 Å². The van der Waals surface area contributed by atoms with Gasteiger partial charge in [0, 0.05) is 39.2 Å². The van der Waals surface area contributed by atoms with E-state index in [2.05, 4.69) is 5.32 Å². The highest BCUT2D eigenvalue weighted by Crippen LogP contribution is 2.27. The predicted molar refractivity (Wildman–Crippen MR) is 110 cm³/mol. The standard InChI is InChI=1S/C22H31N3O5/c1-29-13-14-30-16-21(27)24-11-9-18(10-12-24)25-19(7-8-20(25)26)22(28)23-15-17-5-3-2-4-6-17/h2-6,18-19H,7-16H2,1H3,(H,23,28). The third kappa shape index (κ3) is 5.79. The smallest absolute Gasteiger partial charge is 0.248 e. The molecule has 2 fully saturated rings. The number of carbonyl (C=O) groups excluding carboxylic acids is 3. The monoisotopic (exact) mass is 417 g/mol. The summed E-state index contributed by atoms with van der Waals surface area (Å²) in [5.41, 5.74) is 1.03. The first-order valence-corrected chi connectivity index (χ1v) is 10.6. The summed E-state index contributed by atoms with van der Waals surface area (Å²) in [7, 11) is 1.59. The average molecular weight is 418 g/mol. The van der Waals surface area contributed by atoms with Crippen molar-refractivity contribution in [3.05, 3.63) is 35.9 Å². The Morgan fingerprint density at radius 1 is 1.10 bits per heavy atom. The Morgan fingerprint density at radius 2 is 1.83 bits per heavy atom. The van der Waals surface area contributed by atoms with Crippen molar-refractivity contribution in [2.75, 3.05) is 40.0 Å². The largest absolute Gasteiger partial charge is 0.382 e. The Morgan fingerprint density at radius 3 is 2.53 bits per heavy atom. The maximum atomic E-state index is 12.8.